The second kappa shape index (κ2) is 7.77. The van der Waals surface area contributed by atoms with E-state index in [1.54, 1.807) is 41.5 Å². The molecule has 0 spiro atoms. The highest BCUT2D eigenvalue weighted by molar-refractivity contribution is 5.85. The van der Waals surface area contributed by atoms with Gasteiger partial charge < -0.3 is 24.9 Å². The van der Waals surface area contributed by atoms with Crippen molar-refractivity contribution < 1.29 is 39.3 Å². The average molecular weight is 386 g/mol. The van der Waals surface area contributed by atoms with E-state index < -0.39 is 53.4 Å². The Morgan fingerprint density at radius 1 is 1.07 bits per heavy atom. The quantitative estimate of drug-likeness (QED) is 0.695. The van der Waals surface area contributed by atoms with Gasteiger partial charge in [0.1, 0.15) is 11.6 Å². The van der Waals surface area contributed by atoms with E-state index >= 15 is 0 Å². The van der Waals surface area contributed by atoms with Crippen LogP contribution >= 0.6 is 0 Å². The van der Waals surface area contributed by atoms with Crippen LogP contribution in [0.1, 0.15) is 48.0 Å². The zero-order valence-corrected chi connectivity index (χ0v) is 16.2. The Morgan fingerprint density at radius 3 is 1.93 bits per heavy atom. The fourth-order valence-corrected chi connectivity index (χ4v) is 2.26. The molecule has 0 unspecified atom stereocenters. The fraction of sp³-hybridized carbons (Fsp3) is 0.588. The normalized spacial score (nSPS) is 13.0. The van der Waals surface area contributed by atoms with Crippen molar-refractivity contribution in [1.82, 2.24) is 9.63 Å². The van der Waals surface area contributed by atoms with Crippen LogP contribution in [0.25, 0.3) is 0 Å². The molecule has 0 saturated heterocycles. The first-order valence-electron chi connectivity index (χ1n) is 8.19. The Morgan fingerprint density at radius 2 is 1.56 bits per heavy atom. The number of hydrogen-bond donors (Lipinski definition) is 3. The summed E-state index contributed by atoms with van der Waals surface area (Å²) in [6.07, 6.45) is -1.63. The molecule has 0 aliphatic carbocycles. The Bertz CT molecular complexity index is 692. The van der Waals surface area contributed by atoms with E-state index in [4.69, 9.17) is 9.57 Å². The van der Waals surface area contributed by atoms with Gasteiger partial charge >= 0.3 is 18.0 Å². The van der Waals surface area contributed by atoms with Gasteiger partial charge in [-0.15, -0.1) is 4.73 Å². The summed E-state index contributed by atoms with van der Waals surface area (Å²) < 4.78 is 5.71. The zero-order valence-electron chi connectivity index (χ0n) is 16.2. The van der Waals surface area contributed by atoms with Crippen LogP contribution in [-0.2, 0) is 14.3 Å². The number of ether oxygens (including phenoxy) is 1. The van der Waals surface area contributed by atoms with Crippen LogP contribution in [0.3, 0.4) is 0 Å². The molecule has 0 aromatic carbocycles. The number of rotatable bonds is 5. The van der Waals surface area contributed by atoms with Gasteiger partial charge in [-0.3, -0.25) is 4.90 Å². The molecule has 152 valence electrons. The maximum Gasteiger partial charge on any atom is 0.411 e. The lowest BCUT2D eigenvalue weighted by Gasteiger charge is -2.40. The maximum absolute atomic E-state index is 12.6. The molecular weight excluding hydrogens is 360 g/mol. The van der Waals surface area contributed by atoms with Crippen LogP contribution in [0.4, 0.5) is 4.79 Å². The molecule has 0 aliphatic heterocycles. The molecule has 1 atom stereocenters. The summed E-state index contributed by atoms with van der Waals surface area (Å²) in [6.45, 7) is 9.69. The molecule has 0 fully saturated rings. The minimum atomic E-state index is -1.59. The minimum Gasteiger partial charge on any atom is -0.492 e. The smallest absolute Gasteiger partial charge is 0.411 e. The van der Waals surface area contributed by atoms with Crippen molar-refractivity contribution in [2.75, 3.05) is 0 Å². The van der Waals surface area contributed by atoms with E-state index in [1.165, 1.54) is 0 Å². The highest BCUT2D eigenvalue weighted by Gasteiger charge is 2.41. The van der Waals surface area contributed by atoms with E-state index in [9.17, 15) is 29.7 Å². The van der Waals surface area contributed by atoms with Crippen molar-refractivity contribution in [1.29, 1.82) is 0 Å². The minimum absolute atomic E-state index is 0.441. The monoisotopic (exact) mass is 386 g/mol. The van der Waals surface area contributed by atoms with Crippen molar-refractivity contribution in [3.63, 3.8) is 0 Å². The lowest BCUT2D eigenvalue weighted by Crippen LogP contribution is -2.56. The summed E-state index contributed by atoms with van der Waals surface area (Å²) in [5, 5.41) is 28.6. The van der Waals surface area contributed by atoms with Crippen molar-refractivity contribution in [2.24, 2.45) is 0 Å². The van der Waals surface area contributed by atoms with Gasteiger partial charge in [-0.05, 0) is 41.5 Å². The van der Waals surface area contributed by atoms with E-state index in [1.807, 2.05) is 0 Å². The second-order valence-corrected chi connectivity index (χ2v) is 7.89. The van der Waals surface area contributed by atoms with Gasteiger partial charge in [0.05, 0.1) is 6.42 Å². The number of aliphatic carboxylic acids is 1. The second-order valence-electron chi connectivity index (χ2n) is 7.89. The predicted molar refractivity (Wildman–Crippen MR) is 93.2 cm³/mol. The molecule has 0 saturated carbocycles. The van der Waals surface area contributed by atoms with Gasteiger partial charge in [-0.2, -0.15) is 0 Å². The number of carboxylic acids is 1. The molecule has 1 rings (SSSR count). The number of aromatic nitrogens is 1. The number of carbonyl (C=O) groups is 3. The largest absolute Gasteiger partial charge is 0.492 e. The van der Waals surface area contributed by atoms with Gasteiger partial charge in [0.2, 0.25) is 11.8 Å². The highest BCUT2D eigenvalue weighted by atomic mass is 16.7. The molecule has 10 heteroatoms. The highest BCUT2D eigenvalue weighted by Crippen LogP contribution is 2.24. The molecular formula is C17H26N2O8. The van der Waals surface area contributed by atoms with Gasteiger partial charge in [0, 0.05) is 17.7 Å². The zero-order chi connectivity index (χ0) is 21.2. The molecule has 0 radical (unpaired) electrons. The Balaban J connectivity index is 3.09. The summed E-state index contributed by atoms with van der Waals surface area (Å²) in [6, 6.07) is 0.575. The topological polar surface area (TPSA) is 139 Å². The summed E-state index contributed by atoms with van der Waals surface area (Å²) in [5.41, 5.74) is -1.85. The van der Waals surface area contributed by atoms with Crippen LogP contribution in [0.5, 0.6) is 11.8 Å². The summed E-state index contributed by atoms with van der Waals surface area (Å²) in [7, 11) is 0. The first-order valence-corrected chi connectivity index (χ1v) is 8.19. The molecule has 0 bridgehead atoms. The van der Waals surface area contributed by atoms with Crippen molar-refractivity contribution in [2.45, 2.75) is 65.1 Å². The number of hydrogen-bond acceptors (Lipinski definition) is 7. The maximum atomic E-state index is 12.6. The van der Waals surface area contributed by atoms with Gasteiger partial charge in [-0.25, -0.2) is 14.4 Å². The Kier molecular flexibility index (Phi) is 6.37. The summed E-state index contributed by atoms with van der Waals surface area (Å²) >= 11 is 0. The third-order valence-corrected chi connectivity index (χ3v) is 3.26. The van der Waals surface area contributed by atoms with E-state index in [2.05, 4.69) is 0 Å². The first kappa shape index (κ1) is 22.1. The lowest BCUT2D eigenvalue weighted by atomic mass is 10.0. The van der Waals surface area contributed by atoms with Crippen molar-refractivity contribution in [3.8, 4) is 11.8 Å². The molecule has 10 nitrogen and oxygen atoms in total. The first-order chi connectivity index (χ1) is 12.1. The van der Waals surface area contributed by atoms with Crippen LogP contribution in [0, 0.1) is 0 Å². The Labute approximate surface area is 156 Å². The standard InChI is InChI=1S/C17H26N2O8/c1-16(2,3)18(15(25)26-17(4,5)6)10(14(23)24)9-13(22)27-19-11(20)7-8-12(19)21/h7-8,10,20-21H,9H2,1-6H3,(H,23,24)/t10-/m0/s1. The van der Waals surface area contributed by atoms with Gasteiger partial charge in [0.25, 0.3) is 0 Å². The molecule has 3 N–H and O–H groups in total. The third-order valence-electron chi connectivity index (χ3n) is 3.26. The number of carboxylic acid groups (broad SMARTS) is 1. The lowest BCUT2D eigenvalue weighted by molar-refractivity contribution is -0.155. The average Bonchev–Trinajstić information content (AvgIpc) is 2.74. The predicted octanol–water partition coefficient (Wildman–Crippen LogP) is 1.73. The van der Waals surface area contributed by atoms with Crippen LogP contribution in [-0.4, -0.2) is 60.2 Å². The van der Waals surface area contributed by atoms with Crippen molar-refractivity contribution >= 4 is 18.0 Å². The molecule has 1 heterocycles. The third kappa shape index (κ3) is 6.08. The van der Waals surface area contributed by atoms with Crippen molar-refractivity contribution in [3.05, 3.63) is 12.1 Å². The number of nitrogens with zero attached hydrogens (tertiary/aromatic N) is 2. The summed E-state index contributed by atoms with van der Waals surface area (Å²) in [5.74, 6) is -3.62. The van der Waals surface area contributed by atoms with Crippen LogP contribution in [0.15, 0.2) is 12.1 Å². The number of amides is 1. The fourth-order valence-electron chi connectivity index (χ4n) is 2.26. The van der Waals surface area contributed by atoms with Crippen LogP contribution in [0.2, 0.25) is 0 Å². The van der Waals surface area contributed by atoms with E-state index in [0.29, 0.717) is 4.73 Å². The molecule has 1 aromatic rings. The number of carbonyl (C=O) groups excluding carboxylic acids is 2. The molecule has 27 heavy (non-hydrogen) atoms. The summed E-state index contributed by atoms with van der Waals surface area (Å²) in [4.78, 5) is 42.2. The van der Waals surface area contributed by atoms with Gasteiger partial charge in [0.15, 0.2) is 0 Å². The molecule has 0 aliphatic rings. The van der Waals surface area contributed by atoms with E-state index in [-0.39, 0.29) is 0 Å². The Hall–Kier alpha value is -2.91. The SMILES string of the molecule is CC(C)(C)OC(=O)N([C@@H](CC(=O)On1c(O)ccc1O)C(=O)O)C(C)(C)C. The number of aromatic hydroxyl groups is 2. The van der Waals surface area contributed by atoms with Gasteiger partial charge in [-0.1, -0.05) is 0 Å². The molecule has 1 amide bonds. The van der Waals surface area contributed by atoms with Crippen LogP contribution < -0.4 is 4.84 Å². The van der Waals surface area contributed by atoms with E-state index in [0.717, 1.165) is 17.0 Å². The molecule has 1 aromatic heterocycles.